The van der Waals surface area contributed by atoms with Gasteiger partial charge in [-0.2, -0.15) is 0 Å². The van der Waals surface area contributed by atoms with Gasteiger partial charge in [0.15, 0.2) is 0 Å². The van der Waals surface area contributed by atoms with Gasteiger partial charge in [-0.05, 0) is 96.9 Å². The molecular weight excluding hydrogens is 533 g/mol. The number of halogens is 1. The van der Waals surface area contributed by atoms with E-state index in [4.69, 9.17) is 0 Å². The summed E-state index contributed by atoms with van der Waals surface area (Å²) in [5.41, 5.74) is 3.16. The zero-order valence-electron chi connectivity index (χ0n) is 16.5. The van der Waals surface area contributed by atoms with Gasteiger partial charge in [0.2, 0.25) is 13.9 Å². The number of amides is 2. The molecule has 1 saturated heterocycles. The van der Waals surface area contributed by atoms with Crippen LogP contribution in [0, 0.1) is 29.3 Å². The Labute approximate surface area is 194 Å². The molecule has 0 bridgehead atoms. The molecule has 1 N–H and O–H groups in total. The molecule has 1 aliphatic rings. The van der Waals surface area contributed by atoms with Gasteiger partial charge in [0.1, 0.15) is 0 Å². The normalized spacial score (nSPS) is 18.6. The van der Waals surface area contributed by atoms with Crippen molar-refractivity contribution in [1.82, 2.24) is 5.32 Å². The highest BCUT2D eigenvalue weighted by molar-refractivity contribution is 14.1. The van der Waals surface area contributed by atoms with Crippen LogP contribution in [0.5, 0.6) is 0 Å². The molecule has 2 amide bonds. The lowest BCUT2D eigenvalue weighted by Crippen LogP contribution is -2.43. The molecule has 1 atom stereocenters. The Morgan fingerprint density at radius 3 is 2.40 bits per heavy atom. The minimum atomic E-state index is -4.07. The molecule has 1 fully saturated rings. The summed E-state index contributed by atoms with van der Waals surface area (Å²) in [6.45, 7) is 4.01. The molecule has 1 unspecified atom stereocenters. The number of carbonyl (C=O) groups is 2. The van der Waals surface area contributed by atoms with E-state index >= 15 is 0 Å². The summed E-state index contributed by atoms with van der Waals surface area (Å²) in [5, 5.41) is 1.50. The van der Waals surface area contributed by atoms with Crippen LogP contribution in [0.4, 0.5) is 4.79 Å². The van der Waals surface area contributed by atoms with Gasteiger partial charge in [0.25, 0.3) is 11.1 Å². The Morgan fingerprint density at radius 2 is 1.80 bits per heavy atom. The van der Waals surface area contributed by atoms with Gasteiger partial charge in [0.05, 0.1) is 4.90 Å². The fraction of sp³-hybridized carbons (Fsp3) is 0.273. The van der Waals surface area contributed by atoms with Crippen molar-refractivity contribution in [3.63, 3.8) is 0 Å². The van der Waals surface area contributed by atoms with Gasteiger partial charge in [-0.3, -0.25) is 14.9 Å². The van der Waals surface area contributed by atoms with Crippen LogP contribution in [0.3, 0.4) is 0 Å². The number of imide groups is 1. The number of carbonyl (C=O) groups excluding carboxylic acids is 2. The van der Waals surface area contributed by atoms with Crippen LogP contribution >= 0.6 is 34.4 Å². The fourth-order valence-corrected chi connectivity index (χ4v) is 6.94. The highest BCUT2D eigenvalue weighted by Gasteiger charge is 2.57. The number of benzene rings is 2. The van der Waals surface area contributed by atoms with Crippen LogP contribution in [0.1, 0.15) is 36.0 Å². The quantitative estimate of drug-likeness (QED) is 0.333. The predicted molar refractivity (Wildman–Crippen MR) is 127 cm³/mol. The van der Waals surface area contributed by atoms with Crippen molar-refractivity contribution < 1.29 is 18.0 Å². The van der Waals surface area contributed by atoms with Crippen LogP contribution < -0.4 is 5.32 Å². The second-order valence-electron chi connectivity index (χ2n) is 7.03. The average molecular weight is 553 g/mol. The maximum absolute atomic E-state index is 13.3. The molecule has 0 spiro atoms. The molecule has 3 rings (SSSR count). The molecule has 2 aromatic rings. The lowest BCUT2D eigenvalue weighted by molar-refractivity contribution is -0.120. The van der Waals surface area contributed by atoms with E-state index in [1.807, 2.05) is 26.0 Å². The summed E-state index contributed by atoms with van der Waals surface area (Å²) in [5.74, 6) is 5.38. The van der Waals surface area contributed by atoms with E-state index in [-0.39, 0.29) is 11.3 Å². The van der Waals surface area contributed by atoms with Crippen molar-refractivity contribution in [1.29, 1.82) is 0 Å². The van der Waals surface area contributed by atoms with Crippen LogP contribution in [-0.4, -0.2) is 23.6 Å². The van der Waals surface area contributed by atoms with Crippen LogP contribution in [0.15, 0.2) is 47.4 Å². The van der Waals surface area contributed by atoms with E-state index in [1.54, 1.807) is 12.1 Å². The first kappa shape index (κ1) is 22.8. The van der Waals surface area contributed by atoms with Crippen molar-refractivity contribution in [2.24, 2.45) is 0 Å². The van der Waals surface area contributed by atoms with Crippen molar-refractivity contribution in [3.05, 3.63) is 62.7 Å². The Hall–Kier alpha value is -1.83. The van der Waals surface area contributed by atoms with Gasteiger partial charge in [-0.15, -0.1) is 0 Å². The number of aryl methyl sites for hydroxylation is 2. The number of sulfone groups is 1. The monoisotopic (exact) mass is 553 g/mol. The molecule has 8 heteroatoms. The topological polar surface area (TPSA) is 80.3 Å². The third-order valence-electron chi connectivity index (χ3n) is 4.79. The van der Waals surface area contributed by atoms with Crippen molar-refractivity contribution >= 4 is 55.3 Å². The zero-order valence-corrected chi connectivity index (χ0v) is 20.3. The molecule has 0 aromatic heterocycles. The summed E-state index contributed by atoms with van der Waals surface area (Å²) in [6.07, 6.45) is 0.791. The van der Waals surface area contributed by atoms with Crippen molar-refractivity contribution in [3.8, 4) is 11.8 Å². The lowest BCUT2D eigenvalue weighted by atomic mass is 10.1. The summed E-state index contributed by atoms with van der Waals surface area (Å²) >= 11 is 2.62. The number of hydrogen-bond donors (Lipinski definition) is 1. The highest BCUT2D eigenvalue weighted by atomic mass is 127. The minimum absolute atomic E-state index is 0.00508. The number of hydrogen-bond acceptors (Lipinski definition) is 5. The largest absolute Gasteiger partial charge is 0.287 e. The molecule has 2 aromatic carbocycles. The molecule has 30 heavy (non-hydrogen) atoms. The van der Waals surface area contributed by atoms with Gasteiger partial charge in [-0.25, -0.2) is 8.42 Å². The molecule has 0 aliphatic carbocycles. The summed E-state index contributed by atoms with van der Waals surface area (Å²) in [4.78, 5) is 24.5. The van der Waals surface area contributed by atoms with Crippen molar-refractivity contribution in [2.45, 2.75) is 42.1 Å². The van der Waals surface area contributed by atoms with E-state index in [1.165, 1.54) is 12.1 Å². The Balaban J connectivity index is 1.80. The second-order valence-corrected chi connectivity index (χ2v) is 12.0. The first-order valence-electron chi connectivity index (χ1n) is 9.26. The maximum atomic E-state index is 13.3. The molecule has 0 saturated carbocycles. The summed E-state index contributed by atoms with van der Waals surface area (Å²) in [6, 6.07) is 12.3. The summed E-state index contributed by atoms with van der Waals surface area (Å²) < 4.78 is 25.6. The van der Waals surface area contributed by atoms with Crippen LogP contribution in [0.2, 0.25) is 0 Å². The standard InChI is InChI=1S/C22H20INO4S2/c1-15-7-8-17(16(2)14-15)6-4-3-5-13-22(20(25)24-21(26)29-22)30(27,28)19-11-9-18(23)10-12-19/h7-12,14H,3,5,13H2,1-2H3,(H,24,25,26). The number of unbranched alkanes of at least 4 members (excludes halogenated alkanes) is 1. The average Bonchev–Trinajstić information content (AvgIpc) is 2.98. The molecular formula is C22H20INO4S2. The molecule has 1 heterocycles. The van der Waals surface area contributed by atoms with E-state index in [0.717, 1.165) is 20.3 Å². The maximum Gasteiger partial charge on any atom is 0.287 e. The third-order valence-corrected chi connectivity index (χ3v) is 9.57. The third kappa shape index (κ3) is 4.58. The summed E-state index contributed by atoms with van der Waals surface area (Å²) in [7, 11) is -4.07. The van der Waals surface area contributed by atoms with Crippen molar-refractivity contribution in [2.75, 3.05) is 0 Å². The molecule has 156 valence electrons. The van der Waals surface area contributed by atoms with E-state index in [9.17, 15) is 18.0 Å². The molecule has 5 nitrogen and oxygen atoms in total. The first-order valence-corrected chi connectivity index (χ1v) is 12.6. The second kappa shape index (κ2) is 9.12. The molecule has 1 aliphatic heterocycles. The van der Waals surface area contributed by atoms with E-state index < -0.39 is 25.1 Å². The number of nitrogens with one attached hydrogen (secondary N) is 1. The fourth-order valence-electron chi connectivity index (χ4n) is 3.21. The van der Waals surface area contributed by atoms with Gasteiger partial charge < -0.3 is 0 Å². The minimum Gasteiger partial charge on any atom is -0.285 e. The zero-order chi connectivity index (χ0) is 21.9. The van der Waals surface area contributed by atoms with Gasteiger partial charge >= 0.3 is 0 Å². The van der Waals surface area contributed by atoms with Crippen LogP contribution in [0.25, 0.3) is 0 Å². The number of thioether (sulfide) groups is 1. The number of rotatable bonds is 5. The predicted octanol–water partition coefficient (Wildman–Crippen LogP) is 4.58. The van der Waals surface area contributed by atoms with Gasteiger partial charge in [-0.1, -0.05) is 29.5 Å². The lowest BCUT2D eigenvalue weighted by Gasteiger charge is -2.24. The molecule has 0 radical (unpaired) electrons. The Bertz CT molecular complexity index is 1160. The van der Waals surface area contributed by atoms with E-state index in [2.05, 4.69) is 45.8 Å². The first-order chi connectivity index (χ1) is 14.2. The van der Waals surface area contributed by atoms with E-state index in [0.29, 0.717) is 24.6 Å². The smallest absolute Gasteiger partial charge is 0.285 e. The van der Waals surface area contributed by atoms with Crippen LogP contribution in [-0.2, 0) is 14.6 Å². The SMILES string of the molecule is Cc1ccc(C#CCCCC2(S(=O)(=O)c3ccc(I)cc3)SC(=O)NC2=O)c(C)c1. The highest BCUT2D eigenvalue weighted by Crippen LogP contribution is 2.44. The Morgan fingerprint density at radius 1 is 1.10 bits per heavy atom. The van der Waals surface area contributed by atoms with Gasteiger partial charge in [0, 0.05) is 15.6 Å². The Kier molecular flexibility index (Phi) is 6.95.